The summed E-state index contributed by atoms with van der Waals surface area (Å²) in [7, 11) is 0. The van der Waals surface area contributed by atoms with E-state index in [1.165, 1.54) is 13.0 Å². The van der Waals surface area contributed by atoms with E-state index in [4.69, 9.17) is 20.4 Å². The monoisotopic (exact) mass is 288 g/mol. The Labute approximate surface area is 114 Å². The van der Waals surface area contributed by atoms with Crippen LogP contribution >= 0.6 is 0 Å². The van der Waals surface area contributed by atoms with Crippen LogP contribution < -0.4 is 0 Å². The summed E-state index contributed by atoms with van der Waals surface area (Å²) in [6.45, 7) is 1.24. The highest BCUT2D eigenvalue weighted by atomic mass is 16.4. The molecular weight excluding hydrogens is 272 g/mol. The van der Waals surface area contributed by atoms with Crippen molar-refractivity contribution in [2.24, 2.45) is 17.8 Å². The highest BCUT2D eigenvalue weighted by Gasteiger charge is 2.29. The first-order valence-electron chi connectivity index (χ1n) is 5.73. The Kier molecular flexibility index (Phi) is 6.98. The van der Waals surface area contributed by atoms with E-state index in [1.807, 2.05) is 0 Å². The van der Waals surface area contributed by atoms with Crippen LogP contribution in [0.2, 0.25) is 0 Å². The van der Waals surface area contributed by atoms with Crippen LogP contribution in [0.5, 0.6) is 0 Å². The number of carboxylic acid groups (broad SMARTS) is 4. The molecule has 0 aliphatic heterocycles. The first-order valence-corrected chi connectivity index (χ1v) is 5.73. The predicted octanol–water partition coefficient (Wildman–Crippen LogP) is 0.530. The topological polar surface area (TPSA) is 149 Å². The Hall–Kier alpha value is -2.38. The Balaban J connectivity index is 4.78. The van der Waals surface area contributed by atoms with Crippen LogP contribution in [0, 0.1) is 17.8 Å². The Morgan fingerprint density at radius 1 is 0.950 bits per heavy atom. The Bertz CT molecular complexity index is 425. The molecule has 0 rings (SSSR count). The molecule has 3 unspecified atom stereocenters. The van der Waals surface area contributed by atoms with Crippen molar-refractivity contribution in [1.82, 2.24) is 0 Å². The summed E-state index contributed by atoms with van der Waals surface area (Å²) in [5.41, 5.74) is 0. The molecule has 20 heavy (non-hydrogen) atoms. The van der Waals surface area contributed by atoms with Crippen LogP contribution in [0.1, 0.15) is 19.8 Å². The van der Waals surface area contributed by atoms with Crippen LogP contribution in [0.25, 0.3) is 0 Å². The lowest BCUT2D eigenvalue weighted by Crippen LogP contribution is -2.27. The van der Waals surface area contributed by atoms with Gasteiger partial charge in [-0.05, 0) is 6.42 Å². The molecule has 0 spiro atoms. The average Bonchev–Trinajstić information content (AvgIpc) is 2.30. The molecule has 0 heterocycles. The molecule has 0 saturated heterocycles. The molecule has 0 aromatic heterocycles. The van der Waals surface area contributed by atoms with Crippen LogP contribution in [0.4, 0.5) is 0 Å². The molecule has 0 aliphatic carbocycles. The fourth-order valence-corrected chi connectivity index (χ4v) is 1.51. The zero-order valence-corrected chi connectivity index (χ0v) is 10.7. The molecule has 112 valence electrons. The minimum absolute atomic E-state index is 0.188. The summed E-state index contributed by atoms with van der Waals surface area (Å²) in [4.78, 5) is 42.9. The van der Waals surface area contributed by atoms with Gasteiger partial charge >= 0.3 is 23.9 Å². The van der Waals surface area contributed by atoms with Gasteiger partial charge in [0.25, 0.3) is 0 Å². The second kappa shape index (κ2) is 7.93. The lowest BCUT2D eigenvalue weighted by atomic mass is 9.90. The maximum absolute atomic E-state index is 10.9. The quantitative estimate of drug-likeness (QED) is 0.449. The lowest BCUT2D eigenvalue weighted by Gasteiger charge is -2.14. The largest absolute Gasteiger partial charge is 0.481 e. The number of aliphatic carboxylic acids is 4. The normalized spacial score (nSPS) is 15.4. The van der Waals surface area contributed by atoms with Gasteiger partial charge in [-0.1, -0.05) is 19.1 Å². The van der Waals surface area contributed by atoms with Crippen molar-refractivity contribution in [1.29, 1.82) is 0 Å². The lowest BCUT2D eigenvalue weighted by molar-refractivity contribution is -0.152. The highest BCUT2D eigenvalue weighted by Crippen LogP contribution is 2.18. The third-order valence-electron chi connectivity index (χ3n) is 2.78. The molecule has 0 bridgehead atoms. The molecular formula is C12H16O8. The summed E-state index contributed by atoms with van der Waals surface area (Å²) in [5, 5.41) is 35.0. The van der Waals surface area contributed by atoms with Crippen molar-refractivity contribution in [3.8, 4) is 0 Å². The molecule has 0 radical (unpaired) electrons. The van der Waals surface area contributed by atoms with Crippen molar-refractivity contribution < 1.29 is 39.6 Å². The average molecular weight is 288 g/mol. The number of hydrogen-bond acceptors (Lipinski definition) is 4. The summed E-state index contributed by atoms with van der Waals surface area (Å²) in [6, 6.07) is 0. The first kappa shape index (κ1) is 17.6. The summed E-state index contributed by atoms with van der Waals surface area (Å²) >= 11 is 0. The van der Waals surface area contributed by atoms with Gasteiger partial charge in [0.05, 0.1) is 24.2 Å². The van der Waals surface area contributed by atoms with E-state index >= 15 is 0 Å². The smallest absolute Gasteiger partial charge is 0.310 e. The number of carbonyl (C=O) groups is 4. The second-order valence-corrected chi connectivity index (χ2v) is 4.28. The van der Waals surface area contributed by atoms with Gasteiger partial charge in [0.2, 0.25) is 0 Å². The van der Waals surface area contributed by atoms with E-state index in [-0.39, 0.29) is 6.42 Å². The van der Waals surface area contributed by atoms with Crippen molar-refractivity contribution >= 4 is 23.9 Å². The van der Waals surface area contributed by atoms with E-state index in [0.29, 0.717) is 0 Å². The van der Waals surface area contributed by atoms with Crippen molar-refractivity contribution in [3.63, 3.8) is 0 Å². The molecule has 0 aromatic rings. The van der Waals surface area contributed by atoms with E-state index in [2.05, 4.69) is 0 Å². The molecule has 0 fully saturated rings. The van der Waals surface area contributed by atoms with Crippen LogP contribution in [-0.4, -0.2) is 44.3 Å². The molecule has 0 saturated carbocycles. The van der Waals surface area contributed by atoms with Gasteiger partial charge in [-0.3, -0.25) is 19.2 Å². The van der Waals surface area contributed by atoms with Gasteiger partial charge in [-0.25, -0.2) is 0 Å². The van der Waals surface area contributed by atoms with E-state index in [0.717, 1.165) is 6.08 Å². The first-order chi connectivity index (χ1) is 9.16. The van der Waals surface area contributed by atoms with E-state index in [9.17, 15) is 19.2 Å². The Morgan fingerprint density at radius 3 is 1.85 bits per heavy atom. The number of carboxylic acids is 4. The molecule has 8 heteroatoms. The summed E-state index contributed by atoms with van der Waals surface area (Å²) in [6.07, 6.45) is 1.45. The maximum Gasteiger partial charge on any atom is 0.310 e. The van der Waals surface area contributed by atoms with Crippen LogP contribution in [-0.2, 0) is 19.2 Å². The number of allylic oxidation sites excluding steroid dienone is 1. The Morgan fingerprint density at radius 2 is 1.50 bits per heavy atom. The summed E-state index contributed by atoms with van der Waals surface area (Å²) in [5.74, 6) is -8.84. The molecule has 4 N–H and O–H groups in total. The maximum atomic E-state index is 10.9. The van der Waals surface area contributed by atoms with Gasteiger partial charge in [0.15, 0.2) is 0 Å². The van der Waals surface area contributed by atoms with Crippen molar-refractivity contribution in [2.45, 2.75) is 19.8 Å². The number of hydrogen-bond donors (Lipinski definition) is 4. The third-order valence-corrected chi connectivity index (χ3v) is 2.78. The molecule has 0 aromatic carbocycles. The standard InChI is InChI=1S/C12H16O8/c1-6(10(15)16)8(12(19)20)4-2-3-7(11(17)18)5-9(13)14/h2-3,6-8H,4-5H2,1H3,(H,13,14)(H,15,16)(H,17,18)(H,19,20). The van der Waals surface area contributed by atoms with Gasteiger partial charge in [-0.15, -0.1) is 0 Å². The molecule has 8 nitrogen and oxygen atoms in total. The summed E-state index contributed by atoms with van der Waals surface area (Å²) < 4.78 is 0. The SMILES string of the molecule is CC(C(=O)O)C(CC=CC(CC(=O)O)C(=O)O)C(=O)O. The van der Waals surface area contributed by atoms with E-state index in [1.54, 1.807) is 0 Å². The molecule has 0 aliphatic rings. The minimum Gasteiger partial charge on any atom is -0.481 e. The van der Waals surface area contributed by atoms with E-state index < -0.39 is 48.1 Å². The second-order valence-electron chi connectivity index (χ2n) is 4.28. The molecule has 0 amide bonds. The fraction of sp³-hybridized carbons (Fsp3) is 0.500. The van der Waals surface area contributed by atoms with Crippen molar-refractivity contribution in [2.75, 3.05) is 0 Å². The predicted molar refractivity (Wildman–Crippen MR) is 65.1 cm³/mol. The minimum atomic E-state index is -1.35. The van der Waals surface area contributed by atoms with Crippen LogP contribution in [0.3, 0.4) is 0 Å². The zero-order valence-electron chi connectivity index (χ0n) is 10.7. The highest BCUT2D eigenvalue weighted by molar-refractivity contribution is 5.80. The van der Waals surface area contributed by atoms with Crippen molar-refractivity contribution in [3.05, 3.63) is 12.2 Å². The number of rotatable bonds is 9. The molecule has 3 atom stereocenters. The zero-order chi connectivity index (χ0) is 15.9. The van der Waals surface area contributed by atoms with Gasteiger partial charge in [-0.2, -0.15) is 0 Å². The van der Waals surface area contributed by atoms with Gasteiger partial charge in [0, 0.05) is 0 Å². The van der Waals surface area contributed by atoms with Crippen LogP contribution in [0.15, 0.2) is 12.2 Å². The third kappa shape index (κ3) is 5.98. The fourth-order valence-electron chi connectivity index (χ4n) is 1.51. The van der Waals surface area contributed by atoms with Gasteiger partial charge in [0.1, 0.15) is 0 Å². The van der Waals surface area contributed by atoms with Gasteiger partial charge < -0.3 is 20.4 Å².